The van der Waals surface area contributed by atoms with Crippen LogP contribution in [0.15, 0.2) is 42.5 Å². The van der Waals surface area contributed by atoms with Gasteiger partial charge in [0.2, 0.25) is 5.91 Å². The van der Waals surface area contributed by atoms with Crippen molar-refractivity contribution in [2.75, 3.05) is 13.6 Å². The summed E-state index contributed by atoms with van der Waals surface area (Å²) in [6.07, 6.45) is 6.61. The van der Waals surface area contributed by atoms with Gasteiger partial charge in [-0.2, -0.15) is 0 Å². The summed E-state index contributed by atoms with van der Waals surface area (Å²) in [6, 6.07) is 13.3. The molecule has 4 rings (SSSR count). The number of rotatable bonds is 4. The number of carbonyl (C=O) groups is 3. The summed E-state index contributed by atoms with van der Waals surface area (Å²) in [5.41, 5.74) is -0.464. The first-order valence-corrected chi connectivity index (χ1v) is 10.8. The van der Waals surface area contributed by atoms with Gasteiger partial charge in [-0.05, 0) is 42.2 Å². The van der Waals surface area contributed by atoms with Crippen molar-refractivity contribution in [1.29, 1.82) is 0 Å². The molecular weight excluding hydrogens is 378 g/mol. The van der Waals surface area contributed by atoms with E-state index in [-0.39, 0.29) is 24.4 Å². The highest BCUT2D eigenvalue weighted by atomic mass is 16.2. The van der Waals surface area contributed by atoms with Crippen molar-refractivity contribution in [3.05, 3.63) is 48.0 Å². The van der Waals surface area contributed by atoms with Crippen LogP contribution in [0.1, 0.15) is 51.0 Å². The highest BCUT2D eigenvalue weighted by Crippen LogP contribution is 2.31. The van der Waals surface area contributed by atoms with Gasteiger partial charge in [0.05, 0.1) is 0 Å². The quantitative estimate of drug-likeness (QED) is 0.619. The van der Waals surface area contributed by atoms with Crippen molar-refractivity contribution in [1.82, 2.24) is 15.1 Å². The molecule has 1 saturated heterocycles. The SMILES string of the molecule is CN(C(=O)CN1C(=O)NC(C)(c2ccc3ccccc3c2)C1=O)C1CCCCCC1. The number of nitrogens with zero attached hydrogens (tertiary/aromatic N) is 2. The molecule has 6 heteroatoms. The molecule has 4 amide bonds. The molecule has 1 unspecified atom stereocenters. The van der Waals surface area contributed by atoms with Gasteiger partial charge < -0.3 is 10.2 Å². The second-order valence-corrected chi connectivity index (χ2v) is 8.66. The summed E-state index contributed by atoms with van der Waals surface area (Å²) in [5.74, 6) is -0.571. The molecule has 6 nitrogen and oxygen atoms in total. The fraction of sp³-hybridized carbons (Fsp3) is 0.458. The van der Waals surface area contributed by atoms with Crippen molar-refractivity contribution in [2.24, 2.45) is 0 Å². The van der Waals surface area contributed by atoms with Crippen molar-refractivity contribution in [3.8, 4) is 0 Å². The van der Waals surface area contributed by atoms with E-state index in [0.717, 1.165) is 41.4 Å². The van der Waals surface area contributed by atoms with Gasteiger partial charge in [-0.15, -0.1) is 0 Å². The zero-order valence-electron chi connectivity index (χ0n) is 17.7. The molecule has 2 fully saturated rings. The van der Waals surface area contributed by atoms with Crippen LogP contribution in [0.5, 0.6) is 0 Å². The number of hydrogen-bond acceptors (Lipinski definition) is 3. The number of fused-ring (bicyclic) bond motifs is 1. The Labute approximate surface area is 177 Å². The van der Waals surface area contributed by atoms with Gasteiger partial charge in [-0.1, -0.05) is 62.1 Å². The molecule has 0 aromatic heterocycles. The van der Waals surface area contributed by atoms with E-state index in [9.17, 15) is 14.4 Å². The van der Waals surface area contributed by atoms with E-state index in [1.54, 1.807) is 18.9 Å². The van der Waals surface area contributed by atoms with Crippen LogP contribution in [0.2, 0.25) is 0 Å². The lowest BCUT2D eigenvalue weighted by atomic mass is 9.90. The second-order valence-electron chi connectivity index (χ2n) is 8.66. The molecule has 158 valence electrons. The Morgan fingerprint density at radius 1 is 1.07 bits per heavy atom. The van der Waals surface area contributed by atoms with E-state index in [0.29, 0.717) is 5.56 Å². The Kier molecular flexibility index (Phi) is 5.50. The molecule has 2 aromatic rings. The van der Waals surface area contributed by atoms with Gasteiger partial charge in [0, 0.05) is 13.1 Å². The van der Waals surface area contributed by atoms with Gasteiger partial charge in [0.25, 0.3) is 5.91 Å². The number of amides is 4. The minimum Gasteiger partial charge on any atom is -0.341 e. The number of benzene rings is 2. The van der Waals surface area contributed by atoms with Crippen molar-refractivity contribution in [2.45, 2.75) is 57.0 Å². The zero-order chi connectivity index (χ0) is 21.3. The molecule has 0 radical (unpaired) electrons. The van der Waals surface area contributed by atoms with Gasteiger partial charge in [0.1, 0.15) is 12.1 Å². The van der Waals surface area contributed by atoms with E-state index in [1.165, 1.54) is 12.8 Å². The first-order chi connectivity index (χ1) is 14.4. The number of carbonyl (C=O) groups excluding carboxylic acids is 3. The molecule has 2 aliphatic rings. The zero-order valence-corrected chi connectivity index (χ0v) is 17.7. The molecule has 0 bridgehead atoms. The Balaban J connectivity index is 1.52. The van der Waals surface area contributed by atoms with E-state index in [4.69, 9.17) is 0 Å². The van der Waals surface area contributed by atoms with E-state index >= 15 is 0 Å². The Morgan fingerprint density at radius 2 is 1.73 bits per heavy atom. The van der Waals surface area contributed by atoms with Gasteiger partial charge in [-0.25, -0.2) is 4.79 Å². The first kappa shape index (κ1) is 20.4. The van der Waals surface area contributed by atoms with E-state index in [2.05, 4.69) is 5.32 Å². The standard InChI is InChI=1S/C24H29N3O3/c1-24(19-14-13-17-9-7-8-10-18(17)15-19)22(29)27(23(30)25-24)16-21(28)26(2)20-11-5-3-4-6-12-20/h7-10,13-15,20H,3-6,11-12,16H2,1-2H3,(H,25,30). The Hall–Kier alpha value is -2.89. The molecule has 30 heavy (non-hydrogen) atoms. The van der Waals surface area contributed by atoms with Gasteiger partial charge in [-0.3, -0.25) is 14.5 Å². The number of nitrogens with one attached hydrogen (secondary N) is 1. The number of hydrogen-bond donors (Lipinski definition) is 1. The maximum absolute atomic E-state index is 13.2. The lowest BCUT2D eigenvalue weighted by molar-refractivity contribution is -0.139. The lowest BCUT2D eigenvalue weighted by Crippen LogP contribution is -2.46. The van der Waals surface area contributed by atoms with E-state index in [1.807, 2.05) is 42.5 Å². The predicted molar refractivity (Wildman–Crippen MR) is 116 cm³/mol. The van der Waals surface area contributed by atoms with Crippen LogP contribution in [-0.4, -0.2) is 47.3 Å². The predicted octanol–water partition coefficient (Wildman–Crippen LogP) is 3.79. The second kappa shape index (κ2) is 8.09. The van der Waals surface area contributed by atoms with Gasteiger partial charge >= 0.3 is 6.03 Å². The molecule has 1 aliphatic heterocycles. The molecule has 1 atom stereocenters. The minimum absolute atomic E-state index is 0.187. The highest BCUT2D eigenvalue weighted by molar-refractivity contribution is 6.09. The van der Waals surface area contributed by atoms with Crippen LogP contribution < -0.4 is 5.32 Å². The Morgan fingerprint density at radius 3 is 2.43 bits per heavy atom. The van der Waals surface area contributed by atoms with Crippen LogP contribution in [0.25, 0.3) is 10.8 Å². The molecule has 0 spiro atoms. The maximum atomic E-state index is 13.2. The normalized spacial score (nSPS) is 22.8. The minimum atomic E-state index is -1.18. The maximum Gasteiger partial charge on any atom is 0.325 e. The molecule has 1 heterocycles. The van der Waals surface area contributed by atoms with Crippen molar-refractivity contribution < 1.29 is 14.4 Å². The van der Waals surface area contributed by atoms with Crippen LogP contribution in [0, 0.1) is 0 Å². The average Bonchev–Trinajstić information content (AvgIpc) is 2.95. The monoisotopic (exact) mass is 407 g/mol. The lowest BCUT2D eigenvalue weighted by Gasteiger charge is -2.28. The van der Waals surface area contributed by atoms with E-state index < -0.39 is 11.6 Å². The number of urea groups is 1. The third kappa shape index (κ3) is 3.66. The third-order valence-electron chi connectivity index (χ3n) is 6.66. The summed E-state index contributed by atoms with van der Waals surface area (Å²) in [5, 5.41) is 4.88. The first-order valence-electron chi connectivity index (χ1n) is 10.8. The fourth-order valence-corrected chi connectivity index (χ4v) is 4.63. The van der Waals surface area contributed by atoms with Crippen molar-refractivity contribution in [3.63, 3.8) is 0 Å². The Bertz CT molecular complexity index is 981. The molecular formula is C24H29N3O3. The van der Waals surface area contributed by atoms with Crippen LogP contribution in [-0.2, 0) is 15.1 Å². The van der Waals surface area contributed by atoms with Crippen LogP contribution in [0.3, 0.4) is 0 Å². The summed E-state index contributed by atoms with van der Waals surface area (Å²) < 4.78 is 0. The number of imide groups is 1. The van der Waals surface area contributed by atoms with Crippen molar-refractivity contribution >= 4 is 28.6 Å². The summed E-state index contributed by atoms with van der Waals surface area (Å²) in [4.78, 5) is 41.6. The number of likely N-dealkylation sites (N-methyl/N-ethyl adjacent to an activating group) is 1. The average molecular weight is 408 g/mol. The molecule has 1 N–H and O–H groups in total. The fourth-order valence-electron chi connectivity index (χ4n) is 4.63. The largest absolute Gasteiger partial charge is 0.341 e. The topological polar surface area (TPSA) is 69.7 Å². The summed E-state index contributed by atoms with van der Waals surface area (Å²) in [7, 11) is 1.79. The molecule has 2 aromatic carbocycles. The molecule has 1 saturated carbocycles. The van der Waals surface area contributed by atoms with Crippen LogP contribution in [0.4, 0.5) is 4.79 Å². The summed E-state index contributed by atoms with van der Waals surface area (Å²) in [6.45, 7) is 1.48. The highest BCUT2D eigenvalue weighted by Gasteiger charge is 2.49. The smallest absolute Gasteiger partial charge is 0.325 e. The van der Waals surface area contributed by atoms with Gasteiger partial charge in [0.15, 0.2) is 0 Å². The summed E-state index contributed by atoms with van der Waals surface area (Å²) >= 11 is 0. The third-order valence-corrected chi connectivity index (χ3v) is 6.66. The molecule has 1 aliphatic carbocycles. The van der Waals surface area contributed by atoms with Crippen LogP contribution >= 0.6 is 0 Å².